The standard InChI is InChI=1S/C12H12BrNO3/c13-9-3-1-8(2-4-9)7-14-10(12(16)17)5-6-11(14)15/h1-4,10H,5-7H2,(H,16,17)/t10-/m1/s1. The summed E-state index contributed by atoms with van der Waals surface area (Å²) in [6.07, 6.45) is 0.734. The molecule has 1 aromatic rings. The van der Waals surface area contributed by atoms with Crippen LogP contribution in [0.5, 0.6) is 0 Å². The number of carboxylic acids is 1. The zero-order valence-electron chi connectivity index (χ0n) is 9.10. The Morgan fingerprint density at radius 2 is 2.06 bits per heavy atom. The number of carbonyl (C=O) groups is 2. The molecule has 2 rings (SSSR count). The van der Waals surface area contributed by atoms with Crippen molar-refractivity contribution in [2.24, 2.45) is 0 Å². The van der Waals surface area contributed by atoms with Crippen LogP contribution in [0.15, 0.2) is 28.7 Å². The summed E-state index contributed by atoms with van der Waals surface area (Å²) in [5.74, 6) is -1.01. The molecule has 90 valence electrons. The molecule has 5 heteroatoms. The van der Waals surface area contributed by atoms with E-state index in [0.717, 1.165) is 10.0 Å². The molecule has 1 fully saturated rings. The SMILES string of the molecule is O=C(O)[C@H]1CCC(=O)N1Cc1ccc(Br)cc1. The molecular formula is C12H12BrNO3. The average Bonchev–Trinajstić information content (AvgIpc) is 2.64. The summed E-state index contributed by atoms with van der Waals surface area (Å²) in [5, 5.41) is 9.02. The van der Waals surface area contributed by atoms with Crippen LogP contribution in [0.25, 0.3) is 0 Å². The van der Waals surface area contributed by atoms with Crippen molar-refractivity contribution in [3.63, 3.8) is 0 Å². The van der Waals surface area contributed by atoms with Crippen LogP contribution in [0.4, 0.5) is 0 Å². The van der Waals surface area contributed by atoms with E-state index >= 15 is 0 Å². The van der Waals surface area contributed by atoms with E-state index in [0.29, 0.717) is 19.4 Å². The first kappa shape index (κ1) is 12.1. The minimum absolute atomic E-state index is 0.0830. The topological polar surface area (TPSA) is 57.6 Å². The van der Waals surface area contributed by atoms with Crippen LogP contribution < -0.4 is 0 Å². The first-order valence-electron chi connectivity index (χ1n) is 5.34. The smallest absolute Gasteiger partial charge is 0.326 e. The Labute approximate surface area is 107 Å². The van der Waals surface area contributed by atoms with E-state index in [1.165, 1.54) is 4.90 Å². The van der Waals surface area contributed by atoms with Gasteiger partial charge in [0.15, 0.2) is 0 Å². The maximum Gasteiger partial charge on any atom is 0.326 e. The van der Waals surface area contributed by atoms with E-state index in [2.05, 4.69) is 15.9 Å². The number of rotatable bonds is 3. The molecule has 0 aromatic heterocycles. The van der Waals surface area contributed by atoms with Gasteiger partial charge in [-0.15, -0.1) is 0 Å². The first-order valence-corrected chi connectivity index (χ1v) is 6.14. The van der Waals surface area contributed by atoms with E-state index in [1.54, 1.807) is 0 Å². The van der Waals surface area contributed by atoms with Crippen LogP contribution in [0.3, 0.4) is 0 Å². The van der Waals surface area contributed by atoms with Crippen molar-refractivity contribution in [2.75, 3.05) is 0 Å². The molecule has 1 aliphatic heterocycles. The summed E-state index contributed by atoms with van der Waals surface area (Å²) < 4.78 is 0.962. The minimum Gasteiger partial charge on any atom is -0.480 e. The highest BCUT2D eigenvalue weighted by Crippen LogP contribution is 2.22. The van der Waals surface area contributed by atoms with Crippen molar-refractivity contribution in [1.29, 1.82) is 0 Å². The highest BCUT2D eigenvalue weighted by molar-refractivity contribution is 9.10. The van der Waals surface area contributed by atoms with Gasteiger partial charge in [0.1, 0.15) is 6.04 Å². The Hall–Kier alpha value is -1.36. The second-order valence-corrected chi connectivity index (χ2v) is 4.96. The van der Waals surface area contributed by atoms with Crippen molar-refractivity contribution < 1.29 is 14.7 Å². The van der Waals surface area contributed by atoms with E-state index in [4.69, 9.17) is 5.11 Å². The van der Waals surface area contributed by atoms with Crippen molar-refractivity contribution in [3.05, 3.63) is 34.3 Å². The van der Waals surface area contributed by atoms with Crippen LogP contribution >= 0.6 is 15.9 Å². The lowest BCUT2D eigenvalue weighted by molar-refractivity contribution is -0.146. The Kier molecular flexibility index (Phi) is 3.47. The van der Waals surface area contributed by atoms with Gasteiger partial charge in [0.25, 0.3) is 0 Å². The fraction of sp³-hybridized carbons (Fsp3) is 0.333. The third-order valence-electron chi connectivity index (χ3n) is 2.88. The minimum atomic E-state index is -0.923. The lowest BCUT2D eigenvalue weighted by Gasteiger charge is -2.21. The molecule has 1 atom stereocenters. The lowest BCUT2D eigenvalue weighted by atomic mass is 10.2. The maximum absolute atomic E-state index is 11.6. The van der Waals surface area contributed by atoms with E-state index < -0.39 is 12.0 Å². The zero-order valence-corrected chi connectivity index (χ0v) is 10.7. The fourth-order valence-corrected chi connectivity index (χ4v) is 2.24. The maximum atomic E-state index is 11.6. The van der Waals surface area contributed by atoms with Gasteiger partial charge in [0, 0.05) is 17.4 Å². The number of hydrogen-bond donors (Lipinski definition) is 1. The number of halogens is 1. The van der Waals surface area contributed by atoms with E-state index in [-0.39, 0.29) is 5.91 Å². The monoisotopic (exact) mass is 297 g/mol. The van der Waals surface area contributed by atoms with Crippen LogP contribution in [-0.2, 0) is 16.1 Å². The summed E-state index contributed by atoms with van der Waals surface area (Å²) in [7, 11) is 0. The molecule has 17 heavy (non-hydrogen) atoms. The third-order valence-corrected chi connectivity index (χ3v) is 3.41. The van der Waals surface area contributed by atoms with E-state index in [9.17, 15) is 9.59 Å². The molecular weight excluding hydrogens is 286 g/mol. The Bertz CT molecular complexity index is 444. The summed E-state index contributed by atoms with van der Waals surface area (Å²) in [5.41, 5.74) is 0.940. The number of carbonyl (C=O) groups excluding carboxylic acids is 1. The summed E-state index contributed by atoms with van der Waals surface area (Å²) in [6.45, 7) is 0.364. The quantitative estimate of drug-likeness (QED) is 0.929. The van der Waals surface area contributed by atoms with Gasteiger partial charge in [-0.1, -0.05) is 28.1 Å². The number of benzene rings is 1. The van der Waals surface area contributed by atoms with Gasteiger partial charge < -0.3 is 10.0 Å². The third kappa shape index (κ3) is 2.66. The van der Waals surface area contributed by atoms with Gasteiger partial charge in [0.2, 0.25) is 5.91 Å². The molecule has 1 aromatic carbocycles. The number of aliphatic carboxylic acids is 1. The van der Waals surface area contributed by atoms with Crippen LogP contribution in [0.2, 0.25) is 0 Å². The molecule has 1 amide bonds. The number of hydrogen-bond acceptors (Lipinski definition) is 2. The second-order valence-electron chi connectivity index (χ2n) is 4.04. The molecule has 0 unspecified atom stereocenters. The molecule has 1 heterocycles. The molecule has 0 saturated carbocycles. The molecule has 0 spiro atoms. The van der Waals surface area contributed by atoms with Crippen LogP contribution in [0.1, 0.15) is 18.4 Å². The van der Waals surface area contributed by atoms with Crippen molar-refractivity contribution in [1.82, 2.24) is 4.90 Å². The van der Waals surface area contributed by atoms with Gasteiger partial charge >= 0.3 is 5.97 Å². The normalized spacial score (nSPS) is 19.7. The predicted octanol–water partition coefficient (Wildman–Crippen LogP) is 2.02. The lowest BCUT2D eigenvalue weighted by Crippen LogP contribution is -2.37. The molecule has 1 saturated heterocycles. The Morgan fingerprint density at radius 3 is 2.65 bits per heavy atom. The van der Waals surface area contributed by atoms with Gasteiger partial charge in [-0.05, 0) is 24.1 Å². The number of amides is 1. The fourth-order valence-electron chi connectivity index (χ4n) is 1.98. The highest BCUT2D eigenvalue weighted by atomic mass is 79.9. The van der Waals surface area contributed by atoms with Gasteiger partial charge in [-0.25, -0.2) is 4.79 Å². The van der Waals surface area contributed by atoms with Crippen molar-refractivity contribution in [2.45, 2.75) is 25.4 Å². The predicted molar refractivity (Wildman–Crippen MR) is 65.3 cm³/mol. The van der Waals surface area contributed by atoms with Gasteiger partial charge in [-0.2, -0.15) is 0 Å². The van der Waals surface area contributed by atoms with Gasteiger partial charge in [0.05, 0.1) is 0 Å². The summed E-state index contributed by atoms with van der Waals surface area (Å²) in [4.78, 5) is 24.1. The molecule has 1 N–H and O–H groups in total. The number of carboxylic acid groups (broad SMARTS) is 1. The molecule has 1 aliphatic rings. The van der Waals surface area contributed by atoms with E-state index in [1.807, 2.05) is 24.3 Å². The van der Waals surface area contributed by atoms with Crippen LogP contribution in [0, 0.1) is 0 Å². The van der Waals surface area contributed by atoms with Crippen molar-refractivity contribution in [3.8, 4) is 0 Å². The zero-order chi connectivity index (χ0) is 12.4. The molecule has 0 radical (unpaired) electrons. The molecule has 0 aliphatic carbocycles. The second kappa shape index (κ2) is 4.87. The first-order chi connectivity index (χ1) is 8.08. The molecule has 4 nitrogen and oxygen atoms in total. The summed E-state index contributed by atoms with van der Waals surface area (Å²) >= 11 is 3.33. The van der Waals surface area contributed by atoms with Crippen LogP contribution in [-0.4, -0.2) is 27.9 Å². The van der Waals surface area contributed by atoms with Gasteiger partial charge in [-0.3, -0.25) is 4.79 Å². The Balaban J connectivity index is 2.13. The average molecular weight is 298 g/mol. The number of likely N-dealkylation sites (tertiary alicyclic amines) is 1. The number of nitrogens with zero attached hydrogens (tertiary/aromatic N) is 1. The summed E-state index contributed by atoms with van der Waals surface area (Å²) in [6, 6.07) is 6.85. The van der Waals surface area contributed by atoms with Crippen molar-refractivity contribution >= 4 is 27.8 Å². The highest BCUT2D eigenvalue weighted by Gasteiger charge is 2.35. The largest absolute Gasteiger partial charge is 0.480 e. The Morgan fingerprint density at radius 1 is 1.41 bits per heavy atom. The molecule has 0 bridgehead atoms.